The molecule has 0 bridgehead atoms. The number of aryl methyl sites for hydroxylation is 1. The Morgan fingerprint density at radius 2 is 1.85 bits per heavy atom. The maximum Gasteiger partial charge on any atom is 0.254 e. The summed E-state index contributed by atoms with van der Waals surface area (Å²) < 4.78 is 5.19. The number of unbranched alkanes of at least 4 members (excludes halogenated alkanes) is 1. The van der Waals surface area contributed by atoms with E-state index in [9.17, 15) is 9.59 Å². The van der Waals surface area contributed by atoms with Crippen LogP contribution in [0.3, 0.4) is 0 Å². The number of hydrogen-bond donors (Lipinski definition) is 1. The maximum atomic E-state index is 13.0. The molecule has 0 fully saturated rings. The number of hydrogen-bond acceptors (Lipinski definition) is 3. The molecule has 2 aromatic carbocycles. The van der Waals surface area contributed by atoms with E-state index in [0.29, 0.717) is 6.54 Å². The average Bonchev–Trinajstić information content (AvgIpc) is 2.92. The molecule has 1 heterocycles. The number of nitrogens with zero attached hydrogens (tertiary/aromatic N) is 1. The van der Waals surface area contributed by atoms with Crippen molar-refractivity contribution in [3.05, 3.63) is 59.2 Å². The van der Waals surface area contributed by atoms with Crippen molar-refractivity contribution < 1.29 is 14.3 Å². The van der Waals surface area contributed by atoms with Gasteiger partial charge in [-0.1, -0.05) is 37.6 Å². The number of ether oxygens (including phenoxy) is 1. The zero-order chi connectivity index (χ0) is 19.4. The van der Waals surface area contributed by atoms with Gasteiger partial charge in [-0.3, -0.25) is 9.59 Å². The molecule has 2 aromatic rings. The molecule has 0 aromatic heterocycles. The van der Waals surface area contributed by atoms with Crippen LogP contribution in [0.25, 0.3) is 0 Å². The Hall–Kier alpha value is -2.82. The number of anilines is 1. The summed E-state index contributed by atoms with van der Waals surface area (Å²) in [6.07, 6.45) is 3.20. The summed E-state index contributed by atoms with van der Waals surface area (Å²) in [6.45, 7) is 4.06. The lowest BCUT2D eigenvalue weighted by molar-refractivity contribution is -0.126. The third-order valence-corrected chi connectivity index (χ3v) is 4.87. The van der Waals surface area contributed by atoms with E-state index >= 15 is 0 Å². The summed E-state index contributed by atoms with van der Waals surface area (Å²) in [7, 11) is 1.63. The van der Waals surface area contributed by atoms with E-state index in [4.69, 9.17) is 4.74 Å². The molecule has 1 aliphatic rings. The van der Waals surface area contributed by atoms with Gasteiger partial charge in [-0.25, -0.2) is 0 Å². The molecule has 1 unspecified atom stereocenters. The highest BCUT2D eigenvalue weighted by Gasteiger charge is 2.37. The molecule has 0 radical (unpaired) electrons. The fraction of sp³-hybridized carbons (Fsp3) is 0.364. The van der Waals surface area contributed by atoms with Crippen molar-refractivity contribution in [2.75, 3.05) is 12.0 Å². The molecule has 5 nitrogen and oxygen atoms in total. The Morgan fingerprint density at radius 3 is 2.48 bits per heavy atom. The summed E-state index contributed by atoms with van der Waals surface area (Å²) in [4.78, 5) is 26.4. The van der Waals surface area contributed by atoms with E-state index in [2.05, 4.69) is 24.4 Å². The Kier molecular flexibility index (Phi) is 5.79. The molecular weight excluding hydrogens is 340 g/mol. The van der Waals surface area contributed by atoms with Crippen molar-refractivity contribution in [2.24, 2.45) is 0 Å². The predicted octanol–water partition coefficient (Wildman–Crippen LogP) is 3.76. The molecule has 0 spiro atoms. The minimum absolute atomic E-state index is 0.0938. The van der Waals surface area contributed by atoms with Crippen LogP contribution in [0.5, 0.6) is 5.75 Å². The van der Waals surface area contributed by atoms with Gasteiger partial charge in [-0.15, -0.1) is 0 Å². The third kappa shape index (κ3) is 4.13. The molecule has 0 saturated carbocycles. The summed E-state index contributed by atoms with van der Waals surface area (Å²) in [5.41, 5.74) is 3.96. The average molecular weight is 366 g/mol. The van der Waals surface area contributed by atoms with Gasteiger partial charge < -0.3 is 15.0 Å². The molecule has 27 heavy (non-hydrogen) atoms. The van der Waals surface area contributed by atoms with E-state index in [1.54, 1.807) is 12.0 Å². The van der Waals surface area contributed by atoms with Crippen LogP contribution in [0.1, 0.15) is 49.4 Å². The van der Waals surface area contributed by atoms with Gasteiger partial charge in [0.1, 0.15) is 11.8 Å². The van der Waals surface area contributed by atoms with E-state index in [0.717, 1.165) is 41.8 Å². The predicted molar refractivity (Wildman–Crippen MR) is 106 cm³/mol. The van der Waals surface area contributed by atoms with Crippen LogP contribution in [-0.4, -0.2) is 18.9 Å². The lowest BCUT2D eigenvalue weighted by Gasteiger charge is -2.18. The second-order valence-electron chi connectivity index (χ2n) is 6.90. The van der Waals surface area contributed by atoms with E-state index < -0.39 is 6.04 Å². The highest BCUT2D eigenvalue weighted by Crippen LogP contribution is 2.38. The Balaban J connectivity index is 1.91. The lowest BCUT2D eigenvalue weighted by atomic mass is 10.0. The first-order valence-corrected chi connectivity index (χ1v) is 9.37. The molecule has 1 aliphatic heterocycles. The van der Waals surface area contributed by atoms with Gasteiger partial charge in [0.25, 0.3) is 5.91 Å². The van der Waals surface area contributed by atoms with Crippen molar-refractivity contribution in [2.45, 2.75) is 45.7 Å². The van der Waals surface area contributed by atoms with Crippen LogP contribution in [-0.2, 0) is 22.6 Å². The molecule has 3 rings (SSSR count). The highest BCUT2D eigenvalue weighted by molar-refractivity contribution is 6.06. The fourth-order valence-corrected chi connectivity index (χ4v) is 3.44. The Labute approximate surface area is 160 Å². The summed E-state index contributed by atoms with van der Waals surface area (Å²) >= 11 is 0. The summed E-state index contributed by atoms with van der Waals surface area (Å²) in [5, 5.41) is 2.81. The van der Waals surface area contributed by atoms with Crippen LogP contribution >= 0.6 is 0 Å². The summed E-state index contributed by atoms with van der Waals surface area (Å²) in [5.74, 6) is 0.483. The van der Waals surface area contributed by atoms with Crippen LogP contribution in [0.4, 0.5) is 5.69 Å². The number of methoxy groups -OCH3 is 1. The number of amides is 2. The third-order valence-electron chi connectivity index (χ3n) is 4.87. The van der Waals surface area contributed by atoms with E-state index in [1.165, 1.54) is 12.5 Å². The van der Waals surface area contributed by atoms with Gasteiger partial charge >= 0.3 is 0 Å². The van der Waals surface area contributed by atoms with Crippen LogP contribution < -0.4 is 15.0 Å². The van der Waals surface area contributed by atoms with Crippen molar-refractivity contribution in [1.82, 2.24) is 5.32 Å². The van der Waals surface area contributed by atoms with E-state index in [-0.39, 0.29) is 11.8 Å². The number of fused-ring (bicyclic) bond motifs is 1. The maximum absolute atomic E-state index is 13.0. The monoisotopic (exact) mass is 366 g/mol. The second-order valence-corrected chi connectivity index (χ2v) is 6.90. The number of rotatable bonds is 7. The minimum atomic E-state index is -0.614. The first kappa shape index (κ1) is 19.0. The molecule has 0 aliphatic carbocycles. The van der Waals surface area contributed by atoms with Gasteiger partial charge in [0.05, 0.1) is 13.7 Å². The SMILES string of the molecule is CCCCc1ccc2c(c1)C(NC(C)=O)C(=O)N2Cc1ccc(OC)cc1. The lowest BCUT2D eigenvalue weighted by Crippen LogP contribution is -2.36. The van der Waals surface area contributed by atoms with Crippen LogP contribution in [0.15, 0.2) is 42.5 Å². The first-order valence-electron chi connectivity index (χ1n) is 9.37. The van der Waals surface area contributed by atoms with E-state index in [1.807, 2.05) is 30.3 Å². The quantitative estimate of drug-likeness (QED) is 0.812. The van der Waals surface area contributed by atoms with Crippen LogP contribution in [0.2, 0.25) is 0 Å². The van der Waals surface area contributed by atoms with Crippen molar-refractivity contribution in [3.8, 4) is 5.75 Å². The molecule has 1 N–H and O–H groups in total. The highest BCUT2D eigenvalue weighted by atomic mass is 16.5. The molecule has 142 valence electrons. The topological polar surface area (TPSA) is 58.6 Å². The number of benzene rings is 2. The van der Waals surface area contributed by atoms with Crippen molar-refractivity contribution >= 4 is 17.5 Å². The number of nitrogens with one attached hydrogen (secondary N) is 1. The largest absolute Gasteiger partial charge is 0.497 e. The fourth-order valence-electron chi connectivity index (χ4n) is 3.44. The van der Waals surface area contributed by atoms with Gasteiger partial charge in [0.15, 0.2) is 0 Å². The molecule has 0 saturated heterocycles. The molecular formula is C22H26N2O3. The first-order chi connectivity index (χ1) is 13.0. The zero-order valence-electron chi connectivity index (χ0n) is 16.1. The zero-order valence-corrected chi connectivity index (χ0v) is 16.1. The minimum Gasteiger partial charge on any atom is -0.497 e. The summed E-state index contributed by atoms with van der Waals surface area (Å²) in [6, 6.07) is 13.2. The molecule has 1 atom stereocenters. The van der Waals surface area contributed by atoms with Crippen molar-refractivity contribution in [3.63, 3.8) is 0 Å². The van der Waals surface area contributed by atoms with Gasteiger partial charge in [-0.05, 0) is 42.2 Å². The molecule has 2 amide bonds. The second kappa shape index (κ2) is 8.25. The van der Waals surface area contributed by atoms with Crippen molar-refractivity contribution in [1.29, 1.82) is 0 Å². The smallest absolute Gasteiger partial charge is 0.254 e. The Bertz CT molecular complexity index is 830. The van der Waals surface area contributed by atoms with Gasteiger partial charge in [0, 0.05) is 18.2 Å². The normalized spacial score (nSPS) is 15.6. The van der Waals surface area contributed by atoms with Gasteiger partial charge in [0.2, 0.25) is 5.91 Å². The van der Waals surface area contributed by atoms with Gasteiger partial charge in [-0.2, -0.15) is 0 Å². The molecule has 5 heteroatoms. The number of carbonyl (C=O) groups is 2. The van der Waals surface area contributed by atoms with Crippen LogP contribution in [0, 0.1) is 0 Å². The number of carbonyl (C=O) groups excluding carboxylic acids is 2. The Morgan fingerprint density at radius 1 is 1.15 bits per heavy atom. The standard InChI is InChI=1S/C22H26N2O3/c1-4-5-6-16-9-12-20-19(13-16)21(23-15(2)25)22(26)24(20)14-17-7-10-18(27-3)11-8-17/h7-13,21H,4-6,14H2,1-3H3,(H,23,25).